The van der Waals surface area contributed by atoms with E-state index in [0.29, 0.717) is 5.92 Å². The Hall–Kier alpha value is -0.860. The highest BCUT2D eigenvalue weighted by molar-refractivity contribution is 5.37. The predicted molar refractivity (Wildman–Crippen MR) is 90.3 cm³/mol. The van der Waals surface area contributed by atoms with Crippen LogP contribution in [0.25, 0.3) is 0 Å². The summed E-state index contributed by atoms with van der Waals surface area (Å²) in [6, 6.07) is 0. The Kier molecular flexibility index (Phi) is 3.51. The SMILES string of the molecule is C=C[C@@]1(C)CC[C@@H]2C=C[C@@H]3C(=C[C@H](O)[C@H](O)C3(C)C)[C@]2(C)C1. The van der Waals surface area contributed by atoms with Gasteiger partial charge in [0.15, 0.2) is 0 Å². The molecule has 3 aliphatic rings. The molecule has 0 amide bonds. The Labute approximate surface area is 134 Å². The Bertz CT molecular complexity index is 544. The lowest BCUT2D eigenvalue weighted by Gasteiger charge is -2.57. The average Bonchev–Trinajstić information content (AvgIpc) is 2.45. The van der Waals surface area contributed by atoms with Crippen molar-refractivity contribution in [2.75, 3.05) is 0 Å². The monoisotopic (exact) mass is 302 g/mol. The van der Waals surface area contributed by atoms with Crippen molar-refractivity contribution in [2.45, 2.75) is 59.2 Å². The zero-order valence-electron chi connectivity index (χ0n) is 14.3. The summed E-state index contributed by atoms with van der Waals surface area (Å²) in [5.41, 5.74) is 1.21. The van der Waals surface area contributed by atoms with E-state index in [9.17, 15) is 10.2 Å². The molecule has 2 nitrogen and oxygen atoms in total. The molecule has 0 aromatic heterocycles. The highest BCUT2D eigenvalue weighted by atomic mass is 16.3. The van der Waals surface area contributed by atoms with Crippen molar-refractivity contribution < 1.29 is 10.2 Å². The van der Waals surface area contributed by atoms with Crippen molar-refractivity contribution in [3.05, 3.63) is 36.5 Å². The second-order valence-electron chi connectivity index (χ2n) is 8.84. The van der Waals surface area contributed by atoms with Gasteiger partial charge in [-0.2, -0.15) is 0 Å². The number of aliphatic hydroxyl groups is 2. The minimum absolute atomic E-state index is 0.0546. The third-order valence-electron chi connectivity index (χ3n) is 6.88. The lowest BCUT2D eigenvalue weighted by Crippen LogP contribution is -2.53. The average molecular weight is 302 g/mol. The number of allylic oxidation sites excluding steroid dienone is 4. The molecule has 0 unspecified atom stereocenters. The van der Waals surface area contributed by atoms with Gasteiger partial charge < -0.3 is 10.2 Å². The van der Waals surface area contributed by atoms with Gasteiger partial charge in [0.05, 0.1) is 12.2 Å². The quantitative estimate of drug-likeness (QED) is 0.722. The molecule has 3 rings (SSSR count). The highest BCUT2D eigenvalue weighted by Gasteiger charge is 2.54. The third kappa shape index (κ3) is 2.07. The summed E-state index contributed by atoms with van der Waals surface area (Å²) in [6.07, 6.45) is 10.7. The topological polar surface area (TPSA) is 40.5 Å². The number of rotatable bonds is 1. The highest BCUT2D eigenvalue weighted by Crippen LogP contribution is 2.61. The van der Waals surface area contributed by atoms with Crippen LogP contribution in [0.4, 0.5) is 0 Å². The molecule has 0 radical (unpaired) electrons. The second-order valence-corrected chi connectivity index (χ2v) is 8.84. The summed E-state index contributed by atoms with van der Waals surface area (Å²) >= 11 is 0. The molecule has 0 aromatic carbocycles. The summed E-state index contributed by atoms with van der Waals surface area (Å²) in [4.78, 5) is 0. The fraction of sp³-hybridized carbons (Fsp3) is 0.700. The minimum Gasteiger partial charge on any atom is -0.389 e. The van der Waals surface area contributed by atoms with Crippen molar-refractivity contribution in [1.29, 1.82) is 0 Å². The minimum atomic E-state index is -0.762. The maximum absolute atomic E-state index is 10.4. The molecule has 0 heterocycles. The zero-order chi connectivity index (χ0) is 16.3. The van der Waals surface area contributed by atoms with Crippen LogP contribution in [-0.4, -0.2) is 22.4 Å². The van der Waals surface area contributed by atoms with Crippen molar-refractivity contribution in [1.82, 2.24) is 0 Å². The van der Waals surface area contributed by atoms with E-state index in [1.165, 1.54) is 18.4 Å². The van der Waals surface area contributed by atoms with Crippen LogP contribution in [0.3, 0.4) is 0 Å². The van der Waals surface area contributed by atoms with Crippen LogP contribution in [-0.2, 0) is 0 Å². The maximum atomic E-state index is 10.4. The van der Waals surface area contributed by atoms with Crippen LogP contribution in [0.5, 0.6) is 0 Å². The molecule has 0 spiro atoms. The van der Waals surface area contributed by atoms with Gasteiger partial charge in [0.25, 0.3) is 0 Å². The molecule has 1 fully saturated rings. The number of fused-ring (bicyclic) bond motifs is 3. The molecule has 6 atom stereocenters. The van der Waals surface area contributed by atoms with E-state index in [-0.39, 0.29) is 22.2 Å². The molecule has 0 aliphatic heterocycles. The Morgan fingerprint density at radius 2 is 1.86 bits per heavy atom. The van der Waals surface area contributed by atoms with Gasteiger partial charge in [-0.3, -0.25) is 0 Å². The van der Waals surface area contributed by atoms with Crippen LogP contribution in [0.1, 0.15) is 47.0 Å². The van der Waals surface area contributed by atoms with E-state index in [0.717, 1.165) is 6.42 Å². The van der Waals surface area contributed by atoms with Crippen molar-refractivity contribution in [3.63, 3.8) is 0 Å². The molecule has 0 saturated heterocycles. The van der Waals surface area contributed by atoms with E-state index in [1.807, 2.05) is 6.08 Å². The van der Waals surface area contributed by atoms with E-state index in [1.54, 1.807) is 0 Å². The summed E-state index contributed by atoms with van der Waals surface area (Å²) in [5.74, 6) is 0.737. The molecule has 22 heavy (non-hydrogen) atoms. The summed E-state index contributed by atoms with van der Waals surface area (Å²) < 4.78 is 0. The first-order valence-electron chi connectivity index (χ1n) is 8.54. The van der Waals surface area contributed by atoms with Gasteiger partial charge in [0, 0.05) is 11.3 Å². The van der Waals surface area contributed by atoms with Gasteiger partial charge in [-0.25, -0.2) is 0 Å². The molecule has 0 bridgehead atoms. The normalized spacial score (nSPS) is 49.8. The molecular formula is C20H30O2. The number of hydrogen-bond donors (Lipinski definition) is 2. The smallest absolute Gasteiger partial charge is 0.0988 e. The fourth-order valence-corrected chi connectivity index (χ4v) is 5.21. The zero-order valence-corrected chi connectivity index (χ0v) is 14.3. The fourth-order valence-electron chi connectivity index (χ4n) is 5.21. The predicted octanol–water partition coefficient (Wildman–Crippen LogP) is 3.86. The molecular weight excluding hydrogens is 272 g/mol. The van der Waals surface area contributed by atoms with Gasteiger partial charge in [-0.1, -0.05) is 57.6 Å². The number of aliphatic hydroxyl groups excluding tert-OH is 2. The first-order chi connectivity index (χ1) is 10.1. The van der Waals surface area contributed by atoms with Gasteiger partial charge in [0.2, 0.25) is 0 Å². The number of hydrogen-bond acceptors (Lipinski definition) is 2. The molecule has 3 aliphatic carbocycles. The molecule has 122 valence electrons. The lowest BCUT2D eigenvalue weighted by molar-refractivity contribution is -0.0642. The van der Waals surface area contributed by atoms with Gasteiger partial charge in [0.1, 0.15) is 0 Å². The molecule has 2 N–H and O–H groups in total. The van der Waals surface area contributed by atoms with Crippen LogP contribution >= 0.6 is 0 Å². The maximum Gasteiger partial charge on any atom is 0.0988 e. The van der Waals surface area contributed by atoms with Gasteiger partial charge in [-0.05, 0) is 36.0 Å². The standard InChI is InChI=1S/C20H30O2/c1-6-19(4)10-9-13-7-8-14-15(20(13,5)12-19)11-16(21)17(22)18(14,2)3/h6-8,11,13-14,16-17,21-22H,1,9-10,12H2,2-5H3/t13-,14+,16-,17-,19-,20+/m0/s1. The molecule has 1 saturated carbocycles. The second kappa shape index (κ2) is 4.82. The van der Waals surface area contributed by atoms with E-state index >= 15 is 0 Å². The summed E-state index contributed by atoms with van der Waals surface area (Å²) in [6.45, 7) is 12.8. The van der Waals surface area contributed by atoms with Crippen molar-refractivity contribution >= 4 is 0 Å². The van der Waals surface area contributed by atoms with Crippen LogP contribution in [0.2, 0.25) is 0 Å². The van der Waals surface area contributed by atoms with Gasteiger partial charge >= 0.3 is 0 Å². The van der Waals surface area contributed by atoms with E-state index in [2.05, 4.69) is 52.5 Å². The Morgan fingerprint density at radius 1 is 1.18 bits per heavy atom. The summed E-state index contributed by atoms with van der Waals surface area (Å²) in [5, 5.41) is 20.8. The van der Waals surface area contributed by atoms with Crippen LogP contribution in [0, 0.1) is 28.1 Å². The first kappa shape index (κ1) is 16.0. The van der Waals surface area contributed by atoms with E-state index < -0.39 is 12.2 Å². The first-order valence-corrected chi connectivity index (χ1v) is 8.54. The van der Waals surface area contributed by atoms with Crippen LogP contribution in [0.15, 0.2) is 36.5 Å². The molecule has 2 heteroatoms. The van der Waals surface area contributed by atoms with Gasteiger partial charge in [-0.15, -0.1) is 6.58 Å². The third-order valence-corrected chi connectivity index (χ3v) is 6.88. The van der Waals surface area contributed by atoms with Crippen molar-refractivity contribution in [2.24, 2.45) is 28.1 Å². The summed E-state index contributed by atoms with van der Waals surface area (Å²) in [7, 11) is 0. The largest absolute Gasteiger partial charge is 0.389 e. The Balaban J connectivity index is 2.09. The molecule has 0 aromatic rings. The Morgan fingerprint density at radius 3 is 2.50 bits per heavy atom. The van der Waals surface area contributed by atoms with Crippen molar-refractivity contribution in [3.8, 4) is 0 Å². The lowest BCUT2D eigenvalue weighted by atomic mass is 9.48. The van der Waals surface area contributed by atoms with Crippen LogP contribution < -0.4 is 0 Å². The van der Waals surface area contributed by atoms with E-state index in [4.69, 9.17) is 0 Å².